The van der Waals surface area contributed by atoms with E-state index in [-0.39, 0.29) is 17.7 Å². The molecule has 0 saturated carbocycles. The second kappa shape index (κ2) is 5.23. The molecule has 0 radical (unpaired) electrons. The normalized spacial score (nSPS) is 10.6. The molecule has 2 N–H and O–H groups in total. The van der Waals surface area contributed by atoms with Gasteiger partial charge in [-0.15, -0.1) is 11.3 Å². The molecule has 18 heavy (non-hydrogen) atoms. The van der Waals surface area contributed by atoms with Gasteiger partial charge in [0.25, 0.3) is 5.91 Å². The summed E-state index contributed by atoms with van der Waals surface area (Å²) < 4.78 is 0. The SMILES string of the molecule is CC(C)NC(=O)c1ccc(-c2ccc(O)cc2)s1. The summed E-state index contributed by atoms with van der Waals surface area (Å²) in [5.74, 6) is 0.202. The number of amides is 1. The molecular formula is C14H15NO2S. The van der Waals surface area contributed by atoms with Gasteiger partial charge in [-0.1, -0.05) is 0 Å². The highest BCUT2D eigenvalue weighted by molar-refractivity contribution is 7.17. The van der Waals surface area contributed by atoms with E-state index in [1.54, 1.807) is 12.1 Å². The maximum Gasteiger partial charge on any atom is 0.261 e. The Bertz CT molecular complexity index is 543. The summed E-state index contributed by atoms with van der Waals surface area (Å²) in [4.78, 5) is 13.5. The summed E-state index contributed by atoms with van der Waals surface area (Å²) in [5.41, 5.74) is 1.00. The van der Waals surface area contributed by atoms with Gasteiger partial charge in [-0.3, -0.25) is 4.79 Å². The topological polar surface area (TPSA) is 49.3 Å². The van der Waals surface area contributed by atoms with Crippen LogP contribution in [0.3, 0.4) is 0 Å². The van der Waals surface area contributed by atoms with E-state index >= 15 is 0 Å². The van der Waals surface area contributed by atoms with Gasteiger partial charge < -0.3 is 10.4 Å². The first-order chi connectivity index (χ1) is 8.56. The molecule has 2 aromatic rings. The fourth-order valence-electron chi connectivity index (χ4n) is 1.57. The Kier molecular flexibility index (Phi) is 3.67. The molecule has 4 heteroatoms. The fraction of sp³-hybridized carbons (Fsp3) is 0.214. The Morgan fingerprint density at radius 3 is 2.44 bits per heavy atom. The van der Waals surface area contributed by atoms with E-state index in [1.807, 2.05) is 38.1 Å². The maximum absolute atomic E-state index is 11.8. The number of hydrogen-bond acceptors (Lipinski definition) is 3. The van der Waals surface area contributed by atoms with E-state index in [9.17, 15) is 9.90 Å². The lowest BCUT2D eigenvalue weighted by atomic mass is 10.2. The van der Waals surface area contributed by atoms with Crippen molar-refractivity contribution in [1.82, 2.24) is 5.32 Å². The van der Waals surface area contributed by atoms with E-state index in [0.29, 0.717) is 4.88 Å². The molecule has 0 aliphatic rings. The fourth-order valence-corrected chi connectivity index (χ4v) is 2.49. The molecule has 0 fully saturated rings. The van der Waals surface area contributed by atoms with Gasteiger partial charge in [0.1, 0.15) is 5.75 Å². The molecule has 3 nitrogen and oxygen atoms in total. The minimum atomic E-state index is -0.0416. The van der Waals surface area contributed by atoms with Crippen LogP contribution >= 0.6 is 11.3 Å². The molecule has 0 atom stereocenters. The van der Waals surface area contributed by atoms with Gasteiger partial charge in [0.05, 0.1) is 4.88 Å². The molecule has 0 aliphatic carbocycles. The van der Waals surface area contributed by atoms with E-state index in [0.717, 1.165) is 10.4 Å². The van der Waals surface area contributed by atoms with Gasteiger partial charge in [0, 0.05) is 10.9 Å². The molecule has 0 spiro atoms. The number of aromatic hydroxyl groups is 1. The van der Waals surface area contributed by atoms with Gasteiger partial charge >= 0.3 is 0 Å². The van der Waals surface area contributed by atoms with E-state index < -0.39 is 0 Å². The lowest BCUT2D eigenvalue weighted by Gasteiger charge is -2.05. The van der Waals surface area contributed by atoms with Gasteiger partial charge in [-0.05, 0) is 55.8 Å². The summed E-state index contributed by atoms with van der Waals surface area (Å²) in [7, 11) is 0. The van der Waals surface area contributed by atoms with E-state index in [4.69, 9.17) is 0 Å². The molecule has 0 bridgehead atoms. The van der Waals surface area contributed by atoms with Crippen molar-refractivity contribution in [3.8, 4) is 16.2 Å². The predicted octanol–water partition coefficient (Wildman–Crippen LogP) is 3.26. The van der Waals surface area contributed by atoms with Crippen LogP contribution in [0.25, 0.3) is 10.4 Å². The minimum absolute atomic E-state index is 0.0416. The molecule has 1 aromatic carbocycles. The van der Waals surface area contributed by atoms with E-state index in [1.165, 1.54) is 11.3 Å². The number of carbonyl (C=O) groups excluding carboxylic acids is 1. The number of phenolic OH excluding ortho intramolecular Hbond substituents is 1. The van der Waals surface area contributed by atoms with E-state index in [2.05, 4.69) is 5.32 Å². The van der Waals surface area contributed by atoms with Crippen LogP contribution in [0.2, 0.25) is 0 Å². The summed E-state index contributed by atoms with van der Waals surface area (Å²) in [6, 6.07) is 10.8. The molecule has 1 heterocycles. The summed E-state index contributed by atoms with van der Waals surface area (Å²) in [6.45, 7) is 3.87. The van der Waals surface area contributed by atoms with Crippen molar-refractivity contribution < 1.29 is 9.90 Å². The van der Waals surface area contributed by atoms with Crippen molar-refractivity contribution in [2.75, 3.05) is 0 Å². The number of hydrogen-bond donors (Lipinski definition) is 2. The number of thiophene rings is 1. The Labute approximate surface area is 110 Å². The maximum atomic E-state index is 11.8. The van der Waals surface area contributed by atoms with Crippen LogP contribution in [0.5, 0.6) is 5.75 Å². The summed E-state index contributed by atoms with van der Waals surface area (Å²) >= 11 is 1.45. The quantitative estimate of drug-likeness (QED) is 0.891. The zero-order valence-corrected chi connectivity index (χ0v) is 11.1. The molecule has 0 saturated heterocycles. The second-order valence-electron chi connectivity index (χ2n) is 4.34. The van der Waals surface area contributed by atoms with Crippen molar-refractivity contribution in [3.05, 3.63) is 41.3 Å². The lowest BCUT2D eigenvalue weighted by Crippen LogP contribution is -2.29. The van der Waals surface area contributed by atoms with Gasteiger partial charge in [-0.2, -0.15) is 0 Å². The first kappa shape index (κ1) is 12.6. The van der Waals surface area contributed by atoms with Gasteiger partial charge in [0.15, 0.2) is 0 Å². The average molecular weight is 261 g/mol. The Morgan fingerprint density at radius 1 is 1.17 bits per heavy atom. The van der Waals surface area contributed by atoms with Crippen LogP contribution in [-0.4, -0.2) is 17.1 Å². The Hall–Kier alpha value is -1.81. The van der Waals surface area contributed by atoms with Crippen molar-refractivity contribution >= 4 is 17.2 Å². The Morgan fingerprint density at radius 2 is 1.83 bits per heavy atom. The standard InChI is InChI=1S/C14H15NO2S/c1-9(2)15-14(17)13-8-7-12(18-13)10-3-5-11(16)6-4-10/h3-9,16H,1-2H3,(H,15,17). The summed E-state index contributed by atoms with van der Waals surface area (Å²) in [6.07, 6.45) is 0. The van der Waals surface area contributed by atoms with Crippen LogP contribution in [0.1, 0.15) is 23.5 Å². The molecule has 1 amide bonds. The number of rotatable bonds is 3. The highest BCUT2D eigenvalue weighted by Crippen LogP contribution is 2.29. The summed E-state index contributed by atoms with van der Waals surface area (Å²) in [5, 5.41) is 12.1. The lowest BCUT2D eigenvalue weighted by molar-refractivity contribution is 0.0947. The van der Waals surface area contributed by atoms with Crippen molar-refractivity contribution in [3.63, 3.8) is 0 Å². The Balaban J connectivity index is 2.20. The third-order valence-corrected chi connectivity index (χ3v) is 3.53. The van der Waals surface area contributed by atoms with Crippen LogP contribution in [0, 0.1) is 0 Å². The number of carbonyl (C=O) groups is 1. The molecule has 2 rings (SSSR count). The third-order valence-electron chi connectivity index (χ3n) is 2.40. The predicted molar refractivity (Wildman–Crippen MR) is 74.0 cm³/mol. The van der Waals surface area contributed by atoms with Gasteiger partial charge in [0.2, 0.25) is 0 Å². The molecule has 94 valence electrons. The van der Waals surface area contributed by atoms with Crippen LogP contribution in [0.4, 0.5) is 0 Å². The first-order valence-corrected chi connectivity index (χ1v) is 6.58. The highest BCUT2D eigenvalue weighted by atomic mass is 32.1. The minimum Gasteiger partial charge on any atom is -0.508 e. The molecule has 1 aromatic heterocycles. The number of benzene rings is 1. The molecule has 0 unspecified atom stereocenters. The third kappa shape index (κ3) is 2.90. The van der Waals surface area contributed by atoms with Crippen LogP contribution in [0.15, 0.2) is 36.4 Å². The van der Waals surface area contributed by atoms with Crippen molar-refractivity contribution in [2.24, 2.45) is 0 Å². The van der Waals surface area contributed by atoms with Crippen molar-refractivity contribution in [2.45, 2.75) is 19.9 Å². The number of phenols is 1. The first-order valence-electron chi connectivity index (χ1n) is 5.76. The van der Waals surface area contributed by atoms with Crippen LogP contribution in [-0.2, 0) is 0 Å². The van der Waals surface area contributed by atoms with Crippen molar-refractivity contribution in [1.29, 1.82) is 0 Å². The highest BCUT2D eigenvalue weighted by Gasteiger charge is 2.10. The monoisotopic (exact) mass is 261 g/mol. The molecule has 0 aliphatic heterocycles. The largest absolute Gasteiger partial charge is 0.508 e. The second-order valence-corrected chi connectivity index (χ2v) is 5.42. The van der Waals surface area contributed by atoms with Crippen LogP contribution < -0.4 is 5.32 Å². The van der Waals surface area contributed by atoms with Gasteiger partial charge in [-0.25, -0.2) is 0 Å². The average Bonchev–Trinajstić information content (AvgIpc) is 2.78. The zero-order chi connectivity index (χ0) is 13.1. The zero-order valence-electron chi connectivity index (χ0n) is 10.3. The molecular weight excluding hydrogens is 246 g/mol. The number of nitrogens with one attached hydrogen (secondary N) is 1. The smallest absolute Gasteiger partial charge is 0.261 e.